The molecular weight excluding hydrogens is 342 g/mol. The van der Waals surface area contributed by atoms with Crippen molar-refractivity contribution in [2.24, 2.45) is 4.99 Å². The molecule has 0 aromatic carbocycles. The zero-order chi connectivity index (χ0) is 18.8. The third-order valence-electron chi connectivity index (χ3n) is 5.38. The molecule has 27 heavy (non-hydrogen) atoms. The predicted molar refractivity (Wildman–Crippen MR) is 102 cm³/mol. The Bertz CT molecular complexity index is 881. The van der Waals surface area contributed by atoms with Gasteiger partial charge in [0.05, 0.1) is 23.7 Å². The van der Waals surface area contributed by atoms with Crippen LogP contribution >= 0.6 is 0 Å². The number of aliphatic hydroxyl groups is 1. The maximum atomic E-state index is 10.4. The Morgan fingerprint density at radius 1 is 1.15 bits per heavy atom. The van der Waals surface area contributed by atoms with Crippen LogP contribution in [0.25, 0.3) is 0 Å². The Labute approximate surface area is 158 Å². The fourth-order valence-electron chi connectivity index (χ4n) is 3.75. The highest BCUT2D eigenvalue weighted by atomic mass is 16.3. The van der Waals surface area contributed by atoms with Crippen molar-refractivity contribution in [3.05, 3.63) is 46.3 Å². The molecular formula is C20H25N5O2. The molecule has 0 bridgehead atoms. The zero-order valence-electron chi connectivity index (χ0n) is 15.6. The lowest BCUT2D eigenvalue weighted by molar-refractivity contribution is 0.232. The molecule has 0 spiro atoms. The van der Waals surface area contributed by atoms with Gasteiger partial charge in [0.1, 0.15) is 5.75 Å². The molecule has 0 fully saturated rings. The molecule has 2 N–H and O–H groups in total. The fourth-order valence-corrected chi connectivity index (χ4v) is 3.75. The van der Waals surface area contributed by atoms with Crippen molar-refractivity contribution in [3.63, 3.8) is 0 Å². The van der Waals surface area contributed by atoms with E-state index in [2.05, 4.69) is 19.9 Å². The first kappa shape index (κ1) is 18.0. The van der Waals surface area contributed by atoms with E-state index in [1.165, 1.54) is 0 Å². The molecule has 142 valence electrons. The van der Waals surface area contributed by atoms with Gasteiger partial charge in [-0.25, -0.2) is 9.97 Å². The molecule has 2 aromatic rings. The van der Waals surface area contributed by atoms with E-state index in [9.17, 15) is 10.2 Å². The number of aliphatic imine (C=N–C) groups is 1. The van der Waals surface area contributed by atoms with Crippen LogP contribution in [0, 0.1) is 6.92 Å². The number of aromatic hydroxyl groups is 1. The van der Waals surface area contributed by atoms with Crippen molar-refractivity contribution < 1.29 is 10.2 Å². The van der Waals surface area contributed by atoms with Crippen molar-refractivity contribution in [1.82, 2.24) is 19.9 Å². The molecule has 0 saturated heterocycles. The van der Waals surface area contributed by atoms with Crippen molar-refractivity contribution in [3.8, 4) is 5.75 Å². The molecule has 4 rings (SSSR count). The molecule has 7 nitrogen and oxygen atoms in total. The molecule has 2 aromatic heterocycles. The van der Waals surface area contributed by atoms with Gasteiger partial charge in [0.25, 0.3) is 0 Å². The van der Waals surface area contributed by atoms with Crippen LogP contribution in [0.15, 0.2) is 17.4 Å². The lowest BCUT2D eigenvalue weighted by atomic mass is 10.0. The third-order valence-corrected chi connectivity index (χ3v) is 5.38. The van der Waals surface area contributed by atoms with Crippen molar-refractivity contribution in [1.29, 1.82) is 0 Å². The first-order valence-electron chi connectivity index (χ1n) is 9.53. The summed E-state index contributed by atoms with van der Waals surface area (Å²) in [5.41, 5.74) is 5.27. The van der Waals surface area contributed by atoms with Crippen LogP contribution in [0.5, 0.6) is 5.75 Å². The second kappa shape index (κ2) is 7.70. The first-order chi connectivity index (χ1) is 13.2. The molecule has 4 heterocycles. The lowest BCUT2D eigenvalue weighted by Gasteiger charge is -2.29. The molecule has 0 radical (unpaired) electrons. The smallest absolute Gasteiger partial charge is 0.173 e. The van der Waals surface area contributed by atoms with Crippen molar-refractivity contribution in [2.45, 2.75) is 52.3 Å². The Morgan fingerprint density at radius 2 is 2.04 bits per heavy atom. The molecule has 0 amide bonds. The van der Waals surface area contributed by atoms with Crippen LogP contribution in [0.2, 0.25) is 0 Å². The average molecular weight is 367 g/mol. The van der Waals surface area contributed by atoms with E-state index in [1.807, 2.05) is 6.20 Å². The molecule has 0 atom stereocenters. The van der Waals surface area contributed by atoms with Gasteiger partial charge in [0.15, 0.2) is 5.82 Å². The van der Waals surface area contributed by atoms with Crippen molar-refractivity contribution >= 4 is 5.71 Å². The third kappa shape index (κ3) is 3.70. The Balaban J connectivity index is 1.53. The van der Waals surface area contributed by atoms with Gasteiger partial charge < -0.3 is 10.2 Å². The summed E-state index contributed by atoms with van der Waals surface area (Å²) < 4.78 is 0. The van der Waals surface area contributed by atoms with Crippen LogP contribution in [0.4, 0.5) is 0 Å². The number of aliphatic hydroxyl groups excluding tert-OH is 1. The number of hydrogen-bond donors (Lipinski definition) is 2. The molecule has 2 aliphatic rings. The molecule has 2 aliphatic heterocycles. The van der Waals surface area contributed by atoms with Crippen molar-refractivity contribution in [2.75, 3.05) is 13.1 Å². The van der Waals surface area contributed by atoms with E-state index in [-0.39, 0.29) is 12.4 Å². The Kier molecular flexibility index (Phi) is 5.13. The summed E-state index contributed by atoms with van der Waals surface area (Å²) in [6.45, 7) is 4.67. The standard InChI is InChI=1S/C20H25N5O2/c1-13-19(27)16(15(12-26)9-22-13)11-25-7-5-17-14(10-25)8-23-20(24-17)18-4-2-3-6-21-18/h8-9,26-27H,2-7,10-12H2,1H3. The number of rotatable bonds is 4. The van der Waals surface area contributed by atoms with Gasteiger partial charge in [0, 0.05) is 61.7 Å². The van der Waals surface area contributed by atoms with Gasteiger partial charge in [-0.2, -0.15) is 0 Å². The maximum absolute atomic E-state index is 10.4. The highest BCUT2D eigenvalue weighted by Gasteiger charge is 2.22. The van der Waals surface area contributed by atoms with Crippen LogP contribution in [0.3, 0.4) is 0 Å². The van der Waals surface area contributed by atoms with Crippen LogP contribution in [-0.2, 0) is 26.1 Å². The van der Waals surface area contributed by atoms with E-state index in [4.69, 9.17) is 4.98 Å². The summed E-state index contributed by atoms with van der Waals surface area (Å²) >= 11 is 0. The second-order valence-electron chi connectivity index (χ2n) is 7.27. The average Bonchev–Trinajstić information content (AvgIpc) is 2.72. The quantitative estimate of drug-likeness (QED) is 0.857. The number of pyridine rings is 1. The summed E-state index contributed by atoms with van der Waals surface area (Å²) in [6.07, 6.45) is 7.69. The highest BCUT2D eigenvalue weighted by Crippen LogP contribution is 2.27. The van der Waals surface area contributed by atoms with E-state index >= 15 is 0 Å². The number of fused-ring (bicyclic) bond motifs is 1. The summed E-state index contributed by atoms with van der Waals surface area (Å²) in [6, 6.07) is 0. The highest BCUT2D eigenvalue weighted by molar-refractivity contribution is 5.97. The van der Waals surface area contributed by atoms with Gasteiger partial charge in [-0.05, 0) is 26.2 Å². The summed E-state index contributed by atoms with van der Waals surface area (Å²) in [5, 5.41) is 20.0. The predicted octanol–water partition coefficient (Wildman–Crippen LogP) is 1.91. The monoisotopic (exact) mass is 367 g/mol. The van der Waals surface area contributed by atoms with E-state index in [1.54, 1.807) is 13.1 Å². The van der Waals surface area contributed by atoms with Crippen LogP contribution < -0.4 is 0 Å². The van der Waals surface area contributed by atoms with Gasteiger partial charge in [-0.1, -0.05) is 0 Å². The van der Waals surface area contributed by atoms with Crippen LogP contribution in [-0.4, -0.2) is 48.9 Å². The van der Waals surface area contributed by atoms with E-state index in [0.717, 1.165) is 73.7 Å². The SMILES string of the molecule is Cc1ncc(CO)c(CN2CCc3nc(C4=NCCCC4)ncc3C2)c1O. The second-order valence-corrected chi connectivity index (χ2v) is 7.27. The molecule has 0 unspecified atom stereocenters. The van der Waals surface area contributed by atoms with Gasteiger partial charge in [0.2, 0.25) is 0 Å². The summed E-state index contributed by atoms with van der Waals surface area (Å²) in [7, 11) is 0. The minimum atomic E-state index is -0.130. The summed E-state index contributed by atoms with van der Waals surface area (Å²) in [5.74, 6) is 0.959. The minimum absolute atomic E-state index is 0.130. The summed E-state index contributed by atoms with van der Waals surface area (Å²) in [4.78, 5) is 20.3. The van der Waals surface area contributed by atoms with Gasteiger partial charge >= 0.3 is 0 Å². The number of aryl methyl sites for hydroxylation is 1. The fraction of sp³-hybridized carbons (Fsp3) is 0.500. The van der Waals surface area contributed by atoms with E-state index in [0.29, 0.717) is 17.8 Å². The van der Waals surface area contributed by atoms with Gasteiger partial charge in [-0.15, -0.1) is 0 Å². The molecule has 7 heteroatoms. The first-order valence-corrected chi connectivity index (χ1v) is 9.53. The van der Waals surface area contributed by atoms with E-state index < -0.39 is 0 Å². The maximum Gasteiger partial charge on any atom is 0.173 e. The van der Waals surface area contributed by atoms with Crippen LogP contribution in [0.1, 0.15) is 53.2 Å². The topological polar surface area (TPSA) is 94.7 Å². The Hall–Kier alpha value is -2.38. The molecule has 0 saturated carbocycles. The zero-order valence-corrected chi connectivity index (χ0v) is 15.6. The number of aromatic nitrogens is 3. The number of hydrogen-bond acceptors (Lipinski definition) is 7. The lowest BCUT2D eigenvalue weighted by Crippen LogP contribution is -2.32. The molecule has 0 aliphatic carbocycles. The van der Waals surface area contributed by atoms with Gasteiger partial charge in [-0.3, -0.25) is 14.9 Å². The minimum Gasteiger partial charge on any atom is -0.506 e. The normalized spacial score (nSPS) is 17.5. The Morgan fingerprint density at radius 3 is 2.81 bits per heavy atom. The number of nitrogens with zero attached hydrogens (tertiary/aromatic N) is 5. The largest absolute Gasteiger partial charge is 0.506 e.